The molecular formula is C22H27N3O2S2. The third-order valence-corrected chi connectivity index (χ3v) is 6.74. The maximum absolute atomic E-state index is 13.0. The molecule has 0 saturated carbocycles. The van der Waals surface area contributed by atoms with Crippen LogP contribution in [-0.4, -0.2) is 22.0 Å². The summed E-state index contributed by atoms with van der Waals surface area (Å²) in [5, 5.41) is 5.52. The van der Waals surface area contributed by atoms with Crippen LogP contribution in [0.15, 0.2) is 39.6 Å². The molecule has 2 aromatic heterocycles. The van der Waals surface area contributed by atoms with E-state index in [-0.39, 0.29) is 11.5 Å². The van der Waals surface area contributed by atoms with E-state index in [4.69, 9.17) is 4.98 Å². The van der Waals surface area contributed by atoms with Crippen LogP contribution < -0.4 is 10.9 Å². The molecule has 0 unspecified atom stereocenters. The molecule has 154 valence electrons. The van der Waals surface area contributed by atoms with Gasteiger partial charge in [0.05, 0.1) is 5.52 Å². The van der Waals surface area contributed by atoms with Gasteiger partial charge < -0.3 is 5.32 Å². The largest absolute Gasteiger partial charge is 0.356 e. The first-order chi connectivity index (χ1) is 14.0. The number of nitrogens with one attached hydrogen (secondary N) is 1. The summed E-state index contributed by atoms with van der Waals surface area (Å²) >= 11 is 3.08. The topological polar surface area (TPSA) is 64.0 Å². The molecule has 1 N–H and O–H groups in total. The molecule has 5 nitrogen and oxygen atoms in total. The maximum Gasteiger partial charge on any atom is 0.272 e. The molecule has 0 aliphatic carbocycles. The summed E-state index contributed by atoms with van der Waals surface area (Å²) in [6, 6.07) is 8.38. The molecule has 3 aromatic rings. The van der Waals surface area contributed by atoms with E-state index in [0.29, 0.717) is 13.1 Å². The number of thiophene rings is 1. The summed E-state index contributed by atoms with van der Waals surface area (Å²) < 4.78 is 2.55. The molecule has 7 heteroatoms. The van der Waals surface area contributed by atoms with Crippen molar-refractivity contribution in [3.05, 3.63) is 56.7 Å². The maximum atomic E-state index is 13.0. The number of aryl methyl sites for hydroxylation is 2. The highest BCUT2D eigenvalue weighted by atomic mass is 32.2. The highest BCUT2D eigenvalue weighted by Crippen LogP contribution is 2.26. The van der Waals surface area contributed by atoms with Crippen LogP contribution in [0, 0.1) is 13.8 Å². The Hall–Kier alpha value is -2.12. The van der Waals surface area contributed by atoms with Crippen LogP contribution in [0.4, 0.5) is 0 Å². The second-order valence-electron chi connectivity index (χ2n) is 7.25. The van der Waals surface area contributed by atoms with Gasteiger partial charge in [-0.2, -0.15) is 0 Å². The number of carbonyl (C=O) groups excluding carboxylic acids is 1. The number of aromatic nitrogens is 2. The number of amides is 1. The van der Waals surface area contributed by atoms with Gasteiger partial charge in [0.15, 0.2) is 5.16 Å². The van der Waals surface area contributed by atoms with Gasteiger partial charge >= 0.3 is 0 Å². The zero-order chi connectivity index (χ0) is 20.8. The normalized spacial score (nSPS) is 11.1. The molecule has 0 radical (unpaired) electrons. The van der Waals surface area contributed by atoms with Crippen LogP contribution in [0.25, 0.3) is 10.2 Å². The summed E-state index contributed by atoms with van der Waals surface area (Å²) in [5.41, 5.74) is 4.60. The first kappa shape index (κ1) is 21.6. The molecule has 0 spiro atoms. The number of fused-ring (bicyclic) bond motifs is 1. The summed E-state index contributed by atoms with van der Waals surface area (Å²) in [4.78, 5) is 28.7. The van der Waals surface area contributed by atoms with E-state index in [1.807, 2.05) is 16.0 Å². The average molecular weight is 430 g/mol. The van der Waals surface area contributed by atoms with Gasteiger partial charge in [-0.05, 0) is 55.7 Å². The SMILES string of the molecule is CC(=O)NCCCCCn1c(SCc2cc(C)ccc2C)nc2ccsc2c1=O. The Morgan fingerprint density at radius 1 is 1.21 bits per heavy atom. The minimum atomic E-state index is -0.00121. The number of unbranched alkanes of at least 4 members (excludes halogenated alkanes) is 2. The quantitative estimate of drug-likeness (QED) is 0.305. The Labute approximate surface area is 179 Å². The second kappa shape index (κ2) is 10.1. The third-order valence-electron chi connectivity index (χ3n) is 4.82. The predicted octanol–water partition coefficient (Wildman–Crippen LogP) is 4.67. The van der Waals surface area contributed by atoms with Gasteiger partial charge in [0.2, 0.25) is 5.91 Å². The molecule has 0 aliphatic rings. The van der Waals surface area contributed by atoms with Gasteiger partial charge in [0, 0.05) is 25.8 Å². The van der Waals surface area contributed by atoms with Crippen molar-refractivity contribution in [3.8, 4) is 0 Å². The summed E-state index contributed by atoms with van der Waals surface area (Å²) in [6.45, 7) is 7.07. The van der Waals surface area contributed by atoms with Crippen molar-refractivity contribution in [1.29, 1.82) is 0 Å². The molecule has 0 saturated heterocycles. The van der Waals surface area contributed by atoms with Crippen LogP contribution >= 0.6 is 23.1 Å². The zero-order valence-electron chi connectivity index (χ0n) is 17.2. The van der Waals surface area contributed by atoms with Gasteiger partial charge in [0.1, 0.15) is 4.70 Å². The fourth-order valence-corrected chi connectivity index (χ4v) is 5.03. The highest BCUT2D eigenvalue weighted by Gasteiger charge is 2.13. The van der Waals surface area contributed by atoms with Crippen LogP contribution in [0.3, 0.4) is 0 Å². The number of rotatable bonds is 9. The summed E-state index contributed by atoms with van der Waals surface area (Å²) in [6.07, 6.45) is 2.75. The van der Waals surface area contributed by atoms with Gasteiger partial charge in [-0.1, -0.05) is 35.5 Å². The van der Waals surface area contributed by atoms with Gasteiger partial charge in [0.25, 0.3) is 5.56 Å². The zero-order valence-corrected chi connectivity index (χ0v) is 18.8. The smallest absolute Gasteiger partial charge is 0.272 e. The molecule has 0 bridgehead atoms. The number of carbonyl (C=O) groups is 1. The van der Waals surface area contributed by atoms with E-state index >= 15 is 0 Å². The van der Waals surface area contributed by atoms with Crippen LogP contribution in [0.2, 0.25) is 0 Å². The molecule has 0 atom stereocenters. The Kier molecular flexibility index (Phi) is 7.50. The lowest BCUT2D eigenvalue weighted by Gasteiger charge is -2.13. The number of benzene rings is 1. The van der Waals surface area contributed by atoms with E-state index in [1.165, 1.54) is 35.0 Å². The van der Waals surface area contributed by atoms with E-state index in [2.05, 4.69) is 37.4 Å². The Bertz CT molecular complexity index is 1060. The monoisotopic (exact) mass is 429 g/mol. The van der Waals surface area contributed by atoms with Gasteiger partial charge in [-0.25, -0.2) is 4.98 Å². The molecule has 1 aromatic carbocycles. The Balaban J connectivity index is 1.74. The number of nitrogens with zero attached hydrogens (tertiary/aromatic N) is 2. The van der Waals surface area contributed by atoms with E-state index in [1.54, 1.807) is 11.8 Å². The van der Waals surface area contributed by atoms with Crippen LogP contribution in [0.5, 0.6) is 0 Å². The molecule has 0 aliphatic heterocycles. The molecule has 1 amide bonds. The van der Waals surface area contributed by atoms with Crippen molar-refractivity contribution in [2.75, 3.05) is 6.54 Å². The van der Waals surface area contributed by atoms with E-state index in [9.17, 15) is 9.59 Å². The molecule has 29 heavy (non-hydrogen) atoms. The fourth-order valence-electron chi connectivity index (χ4n) is 3.16. The lowest BCUT2D eigenvalue weighted by molar-refractivity contribution is -0.118. The fraction of sp³-hybridized carbons (Fsp3) is 0.409. The number of hydrogen-bond acceptors (Lipinski definition) is 5. The minimum Gasteiger partial charge on any atom is -0.356 e. The second-order valence-corrected chi connectivity index (χ2v) is 9.11. The number of thioether (sulfide) groups is 1. The Morgan fingerprint density at radius 3 is 2.83 bits per heavy atom. The van der Waals surface area contributed by atoms with E-state index < -0.39 is 0 Å². The summed E-state index contributed by atoms with van der Waals surface area (Å²) in [5.74, 6) is 0.789. The van der Waals surface area contributed by atoms with Crippen molar-refractivity contribution in [3.63, 3.8) is 0 Å². The first-order valence-electron chi connectivity index (χ1n) is 9.87. The number of hydrogen-bond donors (Lipinski definition) is 1. The lowest BCUT2D eigenvalue weighted by atomic mass is 10.1. The van der Waals surface area contributed by atoms with Gasteiger partial charge in [-0.3, -0.25) is 14.2 Å². The van der Waals surface area contributed by atoms with Crippen molar-refractivity contribution < 1.29 is 4.79 Å². The van der Waals surface area contributed by atoms with Crippen molar-refractivity contribution in [1.82, 2.24) is 14.9 Å². The summed E-state index contributed by atoms with van der Waals surface area (Å²) in [7, 11) is 0. The molecule has 2 heterocycles. The average Bonchev–Trinajstić information content (AvgIpc) is 3.15. The third kappa shape index (κ3) is 5.70. The highest BCUT2D eigenvalue weighted by molar-refractivity contribution is 7.98. The Morgan fingerprint density at radius 2 is 2.03 bits per heavy atom. The first-order valence-corrected chi connectivity index (χ1v) is 11.7. The molecule has 3 rings (SSSR count). The standard InChI is InChI=1S/C22H27N3O2S2/c1-15-7-8-16(2)18(13-15)14-29-22-24-19-9-12-28-20(19)21(27)25(22)11-6-4-5-10-23-17(3)26/h7-9,12-13H,4-6,10-11,14H2,1-3H3,(H,23,26). The van der Waals surface area contributed by atoms with Crippen LogP contribution in [-0.2, 0) is 17.1 Å². The lowest BCUT2D eigenvalue weighted by Crippen LogP contribution is -2.23. The molecule has 0 fully saturated rings. The van der Waals surface area contributed by atoms with Crippen molar-refractivity contribution >= 4 is 39.2 Å². The van der Waals surface area contributed by atoms with E-state index in [0.717, 1.165) is 40.4 Å². The van der Waals surface area contributed by atoms with Gasteiger partial charge in [-0.15, -0.1) is 11.3 Å². The van der Waals surface area contributed by atoms with Crippen LogP contribution in [0.1, 0.15) is 42.9 Å². The molecular weight excluding hydrogens is 402 g/mol. The predicted molar refractivity (Wildman–Crippen MR) is 122 cm³/mol. The van der Waals surface area contributed by atoms with Crippen molar-refractivity contribution in [2.24, 2.45) is 0 Å². The minimum absolute atomic E-state index is 0.00121. The van der Waals surface area contributed by atoms with Crippen molar-refractivity contribution in [2.45, 2.75) is 57.5 Å².